The summed E-state index contributed by atoms with van der Waals surface area (Å²) in [6.07, 6.45) is 1.91. The van der Waals surface area contributed by atoms with Crippen molar-refractivity contribution in [3.8, 4) is 0 Å². The summed E-state index contributed by atoms with van der Waals surface area (Å²) in [5.41, 5.74) is 1.23. The van der Waals surface area contributed by atoms with E-state index in [1.54, 1.807) is 0 Å². The van der Waals surface area contributed by atoms with Crippen LogP contribution < -0.4 is 0 Å². The van der Waals surface area contributed by atoms with E-state index in [2.05, 4.69) is 33.9 Å². The second kappa shape index (κ2) is 7.67. The van der Waals surface area contributed by atoms with Gasteiger partial charge in [0.05, 0.1) is 12.1 Å². The summed E-state index contributed by atoms with van der Waals surface area (Å²) in [6.45, 7) is 12.6. The third kappa shape index (κ3) is 7.34. The molecule has 0 spiro atoms. The fourth-order valence-electron chi connectivity index (χ4n) is 0.949. The highest BCUT2D eigenvalue weighted by molar-refractivity contribution is 6.74. The Hall–Kier alpha value is 0.297. The molecule has 0 N–H and O–H groups in total. The van der Waals surface area contributed by atoms with Gasteiger partial charge >= 0.3 is 0 Å². The summed E-state index contributed by atoms with van der Waals surface area (Å²) in [7, 11) is -1.59. The maximum absolute atomic E-state index is 6.04. The van der Waals surface area contributed by atoms with Gasteiger partial charge in [-0.25, -0.2) is 0 Å². The molecule has 0 rings (SSSR count). The van der Waals surface area contributed by atoms with Crippen LogP contribution in [0.15, 0.2) is 10.8 Å². The molecule has 2 nitrogen and oxygen atoms in total. The first kappa shape index (κ1) is 17.3. The van der Waals surface area contributed by atoms with E-state index in [0.29, 0.717) is 6.61 Å². The van der Waals surface area contributed by atoms with Gasteiger partial charge in [-0.3, -0.25) is 0 Å². The number of halogens is 2. The highest BCUT2D eigenvalue weighted by Crippen LogP contribution is 2.36. The van der Waals surface area contributed by atoms with E-state index in [-0.39, 0.29) is 10.3 Å². The van der Waals surface area contributed by atoms with Crippen molar-refractivity contribution >= 4 is 31.5 Å². The second-order valence-electron chi connectivity index (χ2n) is 5.58. The second-order valence-corrected chi connectivity index (χ2v) is 11.0. The molecule has 0 aromatic heterocycles. The monoisotopic (exact) mass is 298 g/mol. The average molecular weight is 299 g/mol. The van der Waals surface area contributed by atoms with Crippen LogP contribution in [0.3, 0.4) is 0 Å². The molecule has 0 aliphatic heterocycles. The summed E-state index contributed by atoms with van der Waals surface area (Å²) < 4.78 is 11.2. The molecule has 0 aromatic carbocycles. The lowest BCUT2D eigenvalue weighted by atomic mass is 10.2. The maximum atomic E-state index is 6.04. The molecule has 0 saturated carbocycles. The fraction of sp³-hybridized carbons (Fsp3) is 0.833. The first-order valence-electron chi connectivity index (χ1n) is 5.93. The van der Waals surface area contributed by atoms with Gasteiger partial charge in [-0.2, -0.15) is 0 Å². The van der Waals surface area contributed by atoms with Gasteiger partial charge in [-0.15, -0.1) is 0 Å². The van der Waals surface area contributed by atoms with Crippen LogP contribution >= 0.6 is 23.2 Å². The van der Waals surface area contributed by atoms with Crippen LogP contribution in [-0.2, 0) is 9.16 Å². The largest absolute Gasteiger partial charge is 0.482 e. The van der Waals surface area contributed by atoms with Gasteiger partial charge in [0.25, 0.3) is 0 Å². The van der Waals surface area contributed by atoms with E-state index in [1.807, 2.05) is 0 Å². The molecule has 0 atom stereocenters. The smallest absolute Gasteiger partial charge is 0.198 e. The van der Waals surface area contributed by atoms with Crippen LogP contribution in [0.2, 0.25) is 18.1 Å². The average Bonchev–Trinajstić information content (AvgIpc) is 2.21. The molecule has 0 bridgehead atoms. The first-order chi connectivity index (χ1) is 7.70. The minimum atomic E-state index is -1.59. The van der Waals surface area contributed by atoms with Crippen LogP contribution in [0, 0.1) is 0 Å². The Morgan fingerprint density at radius 2 is 1.71 bits per heavy atom. The van der Waals surface area contributed by atoms with Crippen molar-refractivity contribution in [3.05, 3.63) is 10.8 Å². The van der Waals surface area contributed by atoms with Crippen LogP contribution in [-0.4, -0.2) is 21.5 Å². The summed E-state index contributed by atoms with van der Waals surface area (Å²) in [6, 6.07) is 0. The minimum Gasteiger partial charge on any atom is -0.482 e. The van der Waals surface area contributed by atoms with Crippen molar-refractivity contribution in [2.24, 2.45) is 0 Å². The van der Waals surface area contributed by atoms with Gasteiger partial charge in [0.15, 0.2) is 13.5 Å². The summed E-state index contributed by atoms with van der Waals surface area (Å²) in [4.78, 5) is 0. The molecular formula is C12H24Cl2O2Si. The van der Waals surface area contributed by atoms with E-state index in [1.165, 1.54) is 5.54 Å². The number of hydrogen-bond donors (Lipinski definition) is 0. The molecular weight excluding hydrogens is 275 g/mol. The van der Waals surface area contributed by atoms with Crippen LogP contribution in [0.1, 0.15) is 33.6 Å². The van der Waals surface area contributed by atoms with Crippen LogP contribution in [0.25, 0.3) is 0 Å². The predicted molar refractivity (Wildman–Crippen MR) is 78.1 cm³/mol. The predicted octanol–water partition coefficient (Wildman–Crippen LogP) is 5.08. The highest BCUT2D eigenvalue weighted by atomic mass is 35.5. The van der Waals surface area contributed by atoms with Crippen molar-refractivity contribution in [1.82, 2.24) is 0 Å². The lowest BCUT2D eigenvalue weighted by Gasteiger charge is -2.36. The quantitative estimate of drug-likeness (QED) is 0.371. The van der Waals surface area contributed by atoms with Crippen molar-refractivity contribution in [2.45, 2.75) is 51.7 Å². The summed E-state index contributed by atoms with van der Waals surface area (Å²) >= 11 is 11.0. The van der Waals surface area contributed by atoms with Gasteiger partial charge in [0.1, 0.15) is 0 Å². The zero-order valence-electron chi connectivity index (χ0n) is 11.5. The number of rotatable bonds is 7. The standard InChI is InChI=1S/C12H24Cl2O2Si/c1-12(2,3)17(4,5)16-9-7-6-8-15-11(14)10-13/h10H,6-9H2,1-5H3/b11-10-. The molecule has 0 heterocycles. The van der Waals surface area contributed by atoms with Gasteiger partial charge in [0, 0.05) is 6.61 Å². The molecule has 5 heteroatoms. The topological polar surface area (TPSA) is 18.5 Å². The maximum Gasteiger partial charge on any atom is 0.198 e. The normalized spacial score (nSPS) is 13.9. The van der Waals surface area contributed by atoms with Crippen LogP contribution in [0.4, 0.5) is 0 Å². The van der Waals surface area contributed by atoms with Crippen molar-refractivity contribution in [3.63, 3.8) is 0 Å². The van der Waals surface area contributed by atoms with E-state index in [9.17, 15) is 0 Å². The lowest BCUT2D eigenvalue weighted by Crippen LogP contribution is -2.40. The molecule has 0 amide bonds. The Bertz CT molecular complexity index is 247. The van der Waals surface area contributed by atoms with E-state index in [0.717, 1.165) is 19.4 Å². The van der Waals surface area contributed by atoms with E-state index >= 15 is 0 Å². The zero-order valence-corrected chi connectivity index (χ0v) is 14.0. The van der Waals surface area contributed by atoms with Crippen molar-refractivity contribution < 1.29 is 9.16 Å². The van der Waals surface area contributed by atoms with E-state index < -0.39 is 8.32 Å². The number of ether oxygens (including phenoxy) is 1. The molecule has 0 aromatic rings. The Balaban J connectivity index is 3.66. The molecule has 0 aliphatic rings. The Kier molecular flexibility index (Phi) is 7.80. The Morgan fingerprint density at radius 1 is 1.18 bits per heavy atom. The molecule has 0 unspecified atom stereocenters. The molecule has 0 saturated heterocycles. The third-order valence-corrected chi connectivity index (χ3v) is 8.20. The van der Waals surface area contributed by atoms with Gasteiger partial charge in [-0.05, 0) is 42.6 Å². The van der Waals surface area contributed by atoms with Crippen molar-refractivity contribution in [2.75, 3.05) is 13.2 Å². The molecule has 102 valence electrons. The molecule has 0 aliphatic carbocycles. The Morgan fingerprint density at radius 3 is 2.18 bits per heavy atom. The SMILES string of the molecule is CC(C)(C)[Si](C)(C)OCCCCO/C(Cl)=C\Cl. The van der Waals surface area contributed by atoms with Crippen LogP contribution in [0.5, 0.6) is 0 Å². The highest BCUT2D eigenvalue weighted by Gasteiger charge is 2.36. The third-order valence-electron chi connectivity index (χ3n) is 3.13. The molecule has 17 heavy (non-hydrogen) atoms. The summed E-state index contributed by atoms with van der Waals surface area (Å²) in [5, 5.41) is 0.519. The molecule has 0 fully saturated rings. The lowest BCUT2D eigenvalue weighted by molar-refractivity contribution is 0.211. The fourth-order valence-corrected chi connectivity index (χ4v) is 2.18. The minimum absolute atomic E-state index is 0.247. The zero-order chi connectivity index (χ0) is 13.5. The molecule has 0 radical (unpaired) electrons. The number of hydrogen-bond acceptors (Lipinski definition) is 2. The number of unbranched alkanes of at least 4 members (excludes halogenated alkanes) is 1. The van der Waals surface area contributed by atoms with Gasteiger partial charge < -0.3 is 9.16 Å². The first-order valence-corrected chi connectivity index (χ1v) is 9.65. The van der Waals surface area contributed by atoms with Gasteiger partial charge in [0.2, 0.25) is 0 Å². The summed E-state index contributed by atoms with van der Waals surface area (Å²) in [5.74, 6) is 0. The van der Waals surface area contributed by atoms with Crippen molar-refractivity contribution in [1.29, 1.82) is 0 Å². The van der Waals surface area contributed by atoms with E-state index in [4.69, 9.17) is 32.4 Å². The van der Waals surface area contributed by atoms with Gasteiger partial charge in [-0.1, -0.05) is 32.4 Å². The Labute approximate surface area is 116 Å².